The standard InChI is InChI=1S/C40H47N11O6/c1-2-41-37(54)33-31(52)32(53)39(57-33)51-24-46-30-34(45-23-28(25-11-5-3-6-12-25)26-13-7-4-8-14-26)48-35(49-36(30)51)38(55)43-19-20-44-40(56)47-27-16-21-50(22-17-27)29-15-9-10-18-42-29/h3-15,18,24,27-28,31-33,39,52-53H,2,16-17,19-23H2,1H3,(H,41,54)(H,43,55)(H2,44,47,56)(H,45,48,49)/t31-,32+,33-,39?/m0/s1/i1D. The number of piperidine rings is 1. The number of aromatic nitrogens is 5. The van der Waals surface area contributed by atoms with Crippen LogP contribution in [0.1, 0.15) is 55.0 Å². The Kier molecular flexibility index (Phi) is 12.0. The van der Waals surface area contributed by atoms with Gasteiger partial charge < -0.3 is 46.4 Å². The molecule has 5 aromatic rings. The number of anilines is 2. The van der Waals surface area contributed by atoms with Gasteiger partial charge in [0.05, 0.1) is 6.33 Å². The minimum atomic E-state index is -1.59. The molecule has 7 N–H and O–H groups in total. The minimum absolute atomic E-state index is 0.00483. The summed E-state index contributed by atoms with van der Waals surface area (Å²) in [6, 6.07) is 25.3. The van der Waals surface area contributed by atoms with Crippen molar-refractivity contribution < 1.29 is 30.7 Å². The summed E-state index contributed by atoms with van der Waals surface area (Å²) in [5.74, 6) is -0.507. The number of rotatable bonds is 14. The Hall–Kier alpha value is -6.17. The summed E-state index contributed by atoms with van der Waals surface area (Å²) < 4.78 is 14.5. The number of ether oxygens (including phenoxy) is 1. The fourth-order valence-electron chi connectivity index (χ4n) is 7.12. The molecule has 17 nitrogen and oxygen atoms in total. The van der Waals surface area contributed by atoms with Gasteiger partial charge in [0.25, 0.3) is 11.8 Å². The number of aliphatic hydroxyl groups is 2. The van der Waals surface area contributed by atoms with Gasteiger partial charge in [0.2, 0.25) is 5.82 Å². The maximum absolute atomic E-state index is 13.6. The molecule has 0 saturated carbocycles. The average molecular weight is 779 g/mol. The van der Waals surface area contributed by atoms with Crippen molar-refractivity contribution in [1.82, 2.24) is 45.8 Å². The van der Waals surface area contributed by atoms with E-state index in [0.29, 0.717) is 6.54 Å². The topological polar surface area (TPSA) is 221 Å². The zero-order chi connectivity index (χ0) is 40.4. The van der Waals surface area contributed by atoms with Crippen LogP contribution in [-0.2, 0) is 9.53 Å². The number of amides is 4. The van der Waals surface area contributed by atoms with Gasteiger partial charge in [0.15, 0.2) is 29.3 Å². The van der Waals surface area contributed by atoms with Crippen LogP contribution in [0.2, 0.25) is 0 Å². The highest BCUT2D eigenvalue weighted by Gasteiger charge is 2.47. The van der Waals surface area contributed by atoms with Crippen molar-refractivity contribution in [3.8, 4) is 0 Å². The number of carbonyl (C=O) groups is 3. The lowest BCUT2D eigenvalue weighted by Crippen LogP contribution is -2.49. The number of fused-ring (bicyclic) bond motifs is 1. The summed E-state index contributed by atoms with van der Waals surface area (Å²) in [7, 11) is 0. The number of hydrogen-bond donors (Lipinski definition) is 7. The highest BCUT2D eigenvalue weighted by atomic mass is 16.6. The number of imidazole rings is 1. The van der Waals surface area contributed by atoms with E-state index in [4.69, 9.17) is 6.11 Å². The van der Waals surface area contributed by atoms with E-state index >= 15 is 0 Å². The molecule has 2 aromatic carbocycles. The third-order valence-corrected chi connectivity index (χ3v) is 10.1. The van der Waals surface area contributed by atoms with E-state index < -0.39 is 36.4 Å². The smallest absolute Gasteiger partial charge is 0.315 e. The van der Waals surface area contributed by atoms with E-state index in [1.165, 1.54) is 10.9 Å². The first-order chi connectivity index (χ1) is 28.3. The molecule has 0 bridgehead atoms. The van der Waals surface area contributed by atoms with Crippen LogP contribution in [0.3, 0.4) is 0 Å². The molecule has 57 heavy (non-hydrogen) atoms. The predicted molar refractivity (Wildman–Crippen MR) is 211 cm³/mol. The highest BCUT2D eigenvalue weighted by molar-refractivity contribution is 5.94. The molecule has 4 amide bonds. The van der Waals surface area contributed by atoms with Crippen LogP contribution in [0.25, 0.3) is 11.2 Å². The number of likely N-dealkylation sites (N-methyl/N-ethyl adjacent to an activating group) is 1. The summed E-state index contributed by atoms with van der Waals surface area (Å²) in [6.07, 6.45) is -1.21. The molecule has 0 radical (unpaired) electrons. The van der Waals surface area contributed by atoms with Gasteiger partial charge in [0.1, 0.15) is 18.0 Å². The zero-order valence-electron chi connectivity index (χ0n) is 32.2. The minimum Gasteiger partial charge on any atom is -0.387 e. The lowest BCUT2D eigenvalue weighted by atomic mass is 9.91. The summed E-state index contributed by atoms with van der Waals surface area (Å²) in [5.41, 5.74) is 2.46. The lowest BCUT2D eigenvalue weighted by Gasteiger charge is -2.33. The molecular weight excluding hydrogens is 731 g/mol. The van der Waals surface area contributed by atoms with Gasteiger partial charge in [-0.15, -0.1) is 0 Å². The van der Waals surface area contributed by atoms with Crippen LogP contribution in [0.15, 0.2) is 91.4 Å². The van der Waals surface area contributed by atoms with Gasteiger partial charge in [-0.2, -0.15) is 0 Å². The molecule has 1 unspecified atom stereocenters. The monoisotopic (exact) mass is 778 g/mol. The van der Waals surface area contributed by atoms with Crippen molar-refractivity contribution >= 4 is 40.6 Å². The fraction of sp³-hybridized carbons (Fsp3) is 0.375. The van der Waals surface area contributed by atoms with Crippen molar-refractivity contribution in [2.45, 2.75) is 56.2 Å². The number of benzene rings is 2. The Morgan fingerprint density at radius 3 is 2.26 bits per heavy atom. The Morgan fingerprint density at radius 1 is 0.877 bits per heavy atom. The molecular formula is C40H47N11O6. The molecule has 3 aromatic heterocycles. The van der Waals surface area contributed by atoms with E-state index in [2.05, 4.69) is 51.4 Å². The predicted octanol–water partition coefficient (Wildman–Crippen LogP) is 1.92. The van der Waals surface area contributed by atoms with Gasteiger partial charge in [0, 0.05) is 58.8 Å². The van der Waals surface area contributed by atoms with Crippen LogP contribution in [0, 0.1) is 0 Å². The first-order valence-electron chi connectivity index (χ1n) is 19.7. The third kappa shape index (κ3) is 9.12. The number of urea groups is 1. The van der Waals surface area contributed by atoms with Crippen LogP contribution in [0.5, 0.6) is 0 Å². The number of carbonyl (C=O) groups excluding carboxylic acids is 3. The second kappa shape index (κ2) is 18.2. The Balaban J connectivity index is 1.05. The van der Waals surface area contributed by atoms with Crippen molar-refractivity contribution in [3.05, 3.63) is 108 Å². The Morgan fingerprint density at radius 2 is 1.58 bits per heavy atom. The Bertz CT molecular complexity index is 2100. The second-order valence-corrected chi connectivity index (χ2v) is 13.8. The number of aliphatic hydroxyl groups excluding tert-OH is 2. The van der Waals surface area contributed by atoms with E-state index in [1.807, 2.05) is 78.9 Å². The molecule has 0 spiro atoms. The van der Waals surface area contributed by atoms with Gasteiger partial charge in [-0.05, 0) is 43.0 Å². The number of nitrogens with zero attached hydrogens (tertiary/aromatic N) is 6. The summed E-state index contributed by atoms with van der Waals surface area (Å²) in [4.78, 5) is 59.2. The van der Waals surface area contributed by atoms with E-state index in [-0.39, 0.29) is 67.3 Å². The number of pyridine rings is 1. The fourth-order valence-corrected chi connectivity index (χ4v) is 7.12. The largest absolute Gasteiger partial charge is 0.387 e. The molecule has 2 aliphatic rings. The van der Waals surface area contributed by atoms with E-state index in [1.54, 1.807) is 6.20 Å². The second-order valence-electron chi connectivity index (χ2n) is 13.8. The molecule has 0 aliphatic carbocycles. The highest BCUT2D eigenvalue weighted by Crippen LogP contribution is 2.33. The molecule has 5 heterocycles. The maximum Gasteiger partial charge on any atom is 0.315 e. The first-order valence-corrected chi connectivity index (χ1v) is 19.0. The van der Waals surface area contributed by atoms with Crippen molar-refractivity contribution in [2.24, 2.45) is 0 Å². The summed E-state index contributed by atoms with van der Waals surface area (Å²) in [6.45, 7) is 2.07. The van der Waals surface area contributed by atoms with Crippen LogP contribution in [0.4, 0.5) is 16.4 Å². The normalized spacial score (nSPS) is 19.9. The quantitative estimate of drug-likeness (QED) is 0.0805. The van der Waals surface area contributed by atoms with Crippen LogP contribution in [-0.4, -0.2) is 116 Å². The van der Waals surface area contributed by atoms with Gasteiger partial charge >= 0.3 is 6.03 Å². The van der Waals surface area contributed by atoms with Crippen LogP contribution < -0.4 is 31.5 Å². The molecule has 2 fully saturated rings. The van der Waals surface area contributed by atoms with E-state index in [0.717, 1.165) is 42.9 Å². The average Bonchev–Trinajstić information content (AvgIpc) is 3.82. The van der Waals surface area contributed by atoms with Crippen molar-refractivity contribution in [1.29, 1.82) is 0 Å². The van der Waals surface area contributed by atoms with Gasteiger partial charge in [-0.25, -0.2) is 24.7 Å². The van der Waals surface area contributed by atoms with E-state index in [9.17, 15) is 24.6 Å². The third-order valence-electron chi connectivity index (χ3n) is 10.1. The summed E-state index contributed by atoms with van der Waals surface area (Å²) >= 11 is 0. The maximum atomic E-state index is 13.6. The van der Waals surface area contributed by atoms with Gasteiger partial charge in [-0.1, -0.05) is 66.7 Å². The number of nitrogens with one attached hydrogen (secondary N) is 5. The van der Waals surface area contributed by atoms with Crippen molar-refractivity contribution in [3.63, 3.8) is 0 Å². The zero-order valence-corrected chi connectivity index (χ0v) is 31.2. The lowest BCUT2D eigenvalue weighted by molar-refractivity contribution is -0.137. The molecule has 2 aliphatic heterocycles. The Labute approximate surface area is 330 Å². The molecule has 17 heteroatoms. The van der Waals surface area contributed by atoms with Gasteiger partial charge in [-0.3, -0.25) is 14.2 Å². The van der Waals surface area contributed by atoms with Crippen molar-refractivity contribution in [2.75, 3.05) is 49.5 Å². The first kappa shape index (κ1) is 37.7. The molecule has 4 atom stereocenters. The summed E-state index contributed by atoms with van der Waals surface area (Å²) in [5, 5.41) is 36.2. The van der Waals surface area contributed by atoms with Crippen LogP contribution >= 0.6 is 0 Å². The SMILES string of the molecule is [2H]CCNC(=O)[C@H]1OC(n2cnc3c(NCC(c4ccccc4)c4ccccc4)nc(C(=O)NCCNC(=O)NC4CCN(c5ccccn5)CC4)nc32)[C@H](O)[C@@H]1O. The molecule has 2 saturated heterocycles. The molecule has 7 rings (SSSR count). The number of hydrogen-bond acceptors (Lipinski definition) is 12. The molecule has 298 valence electrons.